The van der Waals surface area contributed by atoms with E-state index < -0.39 is 5.97 Å². The third kappa shape index (κ3) is 4.20. The van der Waals surface area contributed by atoms with E-state index in [-0.39, 0.29) is 6.54 Å². The molecule has 1 heterocycles. The predicted octanol–water partition coefficient (Wildman–Crippen LogP) is 2.49. The maximum absolute atomic E-state index is 10.8. The van der Waals surface area contributed by atoms with E-state index in [1.54, 1.807) is 0 Å². The largest absolute Gasteiger partial charge is 0.480 e. The molecule has 0 saturated carbocycles. The van der Waals surface area contributed by atoms with Crippen molar-refractivity contribution in [2.24, 2.45) is 0 Å². The lowest BCUT2D eigenvalue weighted by molar-refractivity contribution is -0.138. The van der Waals surface area contributed by atoms with Gasteiger partial charge in [0.2, 0.25) is 0 Å². The fourth-order valence-electron chi connectivity index (χ4n) is 2.68. The van der Waals surface area contributed by atoms with Crippen LogP contribution in [0.1, 0.15) is 24.9 Å². The van der Waals surface area contributed by atoms with Gasteiger partial charge in [-0.3, -0.25) is 14.6 Å². The van der Waals surface area contributed by atoms with Crippen LogP contribution < -0.4 is 0 Å². The molecule has 0 aliphatic carbocycles. The van der Waals surface area contributed by atoms with Gasteiger partial charge in [0.15, 0.2) is 0 Å². The molecule has 20 heavy (non-hydrogen) atoms. The van der Waals surface area contributed by atoms with Crippen molar-refractivity contribution in [3.05, 3.63) is 34.9 Å². The van der Waals surface area contributed by atoms with Crippen molar-refractivity contribution in [2.75, 3.05) is 32.7 Å². The molecular weight excluding hydrogens is 276 g/mol. The van der Waals surface area contributed by atoms with Gasteiger partial charge < -0.3 is 5.11 Å². The molecule has 1 fully saturated rings. The van der Waals surface area contributed by atoms with Gasteiger partial charge in [0, 0.05) is 37.2 Å². The van der Waals surface area contributed by atoms with Crippen LogP contribution in [0.25, 0.3) is 0 Å². The molecule has 1 aliphatic rings. The molecule has 0 aromatic heterocycles. The zero-order valence-corrected chi connectivity index (χ0v) is 12.5. The van der Waals surface area contributed by atoms with Crippen molar-refractivity contribution in [1.29, 1.82) is 0 Å². The highest BCUT2D eigenvalue weighted by Gasteiger charge is 2.21. The summed E-state index contributed by atoms with van der Waals surface area (Å²) in [5, 5.41) is 9.62. The molecule has 1 N–H and O–H groups in total. The van der Waals surface area contributed by atoms with E-state index in [1.165, 1.54) is 5.56 Å². The summed E-state index contributed by atoms with van der Waals surface area (Å²) in [5.41, 5.74) is 1.25. The lowest BCUT2D eigenvalue weighted by atomic mass is 10.1. The van der Waals surface area contributed by atoms with Crippen LogP contribution in [0.3, 0.4) is 0 Å². The summed E-state index contributed by atoms with van der Waals surface area (Å²) in [4.78, 5) is 15.2. The molecule has 0 amide bonds. The molecular formula is C15H21ClN2O2. The highest BCUT2D eigenvalue weighted by Crippen LogP contribution is 2.23. The molecule has 1 atom stereocenters. The Kier molecular flexibility index (Phi) is 5.40. The Morgan fingerprint density at radius 1 is 1.25 bits per heavy atom. The summed E-state index contributed by atoms with van der Waals surface area (Å²) >= 11 is 5.92. The Morgan fingerprint density at radius 3 is 2.60 bits per heavy atom. The topological polar surface area (TPSA) is 43.8 Å². The first-order valence-electron chi connectivity index (χ1n) is 7.00. The zero-order valence-electron chi connectivity index (χ0n) is 11.8. The Balaban J connectivity index is 1.95. The van der Waals surface area contributed by atoms with Gasteiger partial charge in [0.05, 0.1) is 6.54 Å². The van der Waals surface area contributed by atoms with E-state index >= 15 is 0 Å². The van der Waals surface area contributed by atoms with Crippen LogP contribution in [0.4, 0.5) is 0 Å². The molecule has 1 saturated heterocycles. The second-order valence-electron chi connectivity index (χ2n) is 5.29. The van der Waals surface area contributed by atoms with Crippen LogP contribution in [0.15, 0.2) is 24.3 Å². The van der Waals surface area contributed by atoms with Crippen LogP contribution in [0, 0.1) is 0 Å². The molecule has 2 rings (SSSR count). The number of rotatable bonds is 4. The molecule has 0 radical (unpaired) electrons. The van der Waals surface area contributed by atoms with Gasteiger partial charge in [0.25, 0.3) is 0 Å². The summed E-state index contributed by atoms with van der Waals surface area (Å²) in [6, 6.07) is 8.29. The number of carbonyl (C=O) groups is 1. The Hall–Kier alpha value is -1.10. The van der Waals surface area contributed by atoms with Gasteiger partial charge in [-0.1, -0.05) is 23.7 Å². The Bertz CT molecular complexity index is 450. The van der Waals surface area contributed by atoms with Gasteiger partial charge in [-0.05, 0) is 31.0 Å². The van der Waals surface area contributed by atoms with E-state index in [1.807, 2.05) is 17.0 Å². The first-order chi connectivity index (χ1) is 9.56. The van der Waals surface area contributed by atoms with E-state index in [9.17, 15) is 4.79 Å². The van der Waals surface area contributed by atoms with Crippen molar-refractivity contribution in [3.63, 3.8) is 0 Å². The van der Waals surface area contributed by atoms with Gasteiger partial charge in [-0.25, -0.2) is 0 Å². The number of nitrogens with zero attached hydrogens (tertiary/aromatic N) is 2. The number of benzene rings is 1. The van der Waals surface area contributed by atoms with Gasteiger partial charge in [-0.2, -0.15) is 0 Å². The minimum atomic E-state index is -0.746. The van der Waals surface area contributed by atoms with Crippen molar-refractivity contribution in [2.45, 2.75) is 19.4 Å². The standard InChI is InChI=1S/C15H21ClN2O2/c1-12(13-3-5-14(16)6-4-13)18-8-2-7-17(9-10-18)11-15(19)20/h3-6,12H,2,7-11H2,1H3,(H,19,20). The SMILES string of the molecule is CC(c1ccc(Cl)cc1)N1CCCN(CC(=O)O)CC1. The van der Waals surface area contributed by atoms with E-state index in [4.69, 9.17) is 16.7 Å². The molecule has 1 unspecified atom stereocenters. The highest BCUT2D eigenvalue weighted by molar-refractivity contribution is 6.30. The third-order valence-electron chi connectivity index (χ3n) is 3.88. The molecule has 5 heteroatoms. The summed E-state index contributed by atoms with van der Waals surface area (Å²) in [6.45, 7) is 5.90. The normalized spacial score (nSPS) is 19.5. The summed E-state index contributed by atoms with van der Waals surface area (Å²) in [7, 11) is 0. The fourth-order valence-corrected chi connectivity index (χ4v) is 2.81. The van der Waals surface area contributed by atoms with Crippen LogP contribution in [0.2, 0.25) is 5.02 Å². The van der Waals surface area contributed by atoms with Crippen LogP contribution >= 0.6 is 11.6 Å². The van der Waals surface area contributed by atoms with Gasteiger partial charge >= 0.3 is 5.97 Å². The van der Waals surface area contributed by atoms with Crippen molar-refractivity contribution < 1.29 is 9.90 Å². The number of hydrogen-bond donors (Lipinski definition) is 1. The first-order valence-corrected chi connectivity index (χ1v) is 7.37. The maximum atomic E-state index is 10.8. The second kappa shape index (κ2) is 7.07. The number of carboxylic acids is 1. The van der Waals surface area contributed by atoms with Gasteiger partial charge in [0.1, 0.15) is 0 Å². The maximum Gasteiger partial charge on any atom is 0.317 e. The quantitative estimate of drug-likeness (QED) is 0.927. The lowest BCUT2D eigenvalue weighted by Crippen LogP contribution is -2.35. The Morgan fingerprint density at radius 2 is 1.95 bits per heavy atom. The number of carboxylic acid groups (broad SMARTS) is 1. The number of aliphatic carboxylic acids is 1. The molecule has 110 valence electrons. The number of hydrogen-bond acceptors (Lipinski definition) is 3. The van der Waals surface area contributed by atoms with E-state index in [0.29, 0.717) is 6.04 Å². The van der Waals surface area contributed by atoms with Crippen molar-refractivity contribution >= 4 is 17.6 Å². The van der Waals surface area contributed by atoms with Crippen molar-refractivity contribution in [3.8, 4) is 0 Å². The monoisotopic (exact) mass is 296 g/mol. The third-order valence-corrected chi connectivity index (χ3v) is 4.13. The zero-order chi connectivity index (χ0) is 14.5. The van der Waals surface area contributed by atoms with Crippen molar-refractivity contribution in [1.82, 2.24) is 9.80 Å². The minimum Gasteiger partial charge on any atom is -0.480 e. The van der Waals surface area contributed by atoms with E-state index in [0.717, 1.165) is 37.6 Å². The summed E-state index contributed by atoms with van der Waals surface area (Å²) in [6.07, 6.45) is 1.01. The fraction of sp³-hybridized carbons (Fsp3) is 0.533. The molecule has 0 spiro atoms. The minimum absolute atomic E-state index is 0.142. The van der Waals surface area contributed by atoms with Crippen LogP contribution in [-0.4, -0.2) is 53.6 Å². The molecule has 1 aromatic carbocycles. The second-order valence-corrected chi connectivity index (χ2v) is 5.72. The Labute approximate surface area is 124 Å². The molecule has 1 aromatic rings. The number of halogens is 1. The lowest BCUT2D eigenvalue weighted by Gasteiger charge is -2.28. The molecule has 0 bridgehead atoms. The average molecular weight is 297 g/mol. The van der Waals surface area contributed by atoms with Crippen LogP contribution in [-0.2, 0) is 4.79 Å². The average Bonchev–Trinajstić information content (AvgIpc) is 2.64. The summed E-state index contributed by atoms with van der Waals surface area (Å²) in [5.74, 6) is -0.746. The van der Waals surface area contributed by atoms with Crippen LogP contribution in [0.5, 0.6) is 0 Å². The molecule has 4 nitrogen and oxygen atoms in total. The van der Waals surface area contributed by atoms with Gasteiger partial charge in [-0.15, -0.1) is 0 Å². The predicted molar refractivity (Wildman–Crippen MR) is 80.1 cm³/mol. The smallest absolute Gasteiger partial charge is 0.317 e. The summed E-state index contributed by atoms with van der Waals surface area (Å²) < 4.78 is 0. The highest BCUT2D eigenvalue weighted by atomic mass is 35.5. The van der Waals surface area contributed by atoms with E-state index in [2.05, 4.69) is 24.0 Å². The first kappa shape index (κ1) is 15.3. The molecule has 1 aliphatic heterocycles.